The van der Waals surface area contributed by atoms with Crippen LogP contribution in [-0.4, -0.2) is 20.4 Å². The average Bonchev–Trinajstić information content (AvgIpc) is 2.41. The van der Waals surface area contributed by atoms with Crippen LogP contribution in [-0.2, 0) is 0 Å². The summed E-state index contributed by atoms with van der Waals surface area (Å²) in [6, 6.07) is 3.88. The molecule has 2 aromatic rings. The van der Waals surface area contributed by atoms with Crippen LogP contribution >= 0.6 is 11.6 Å². The van der Waals surface area contributed by atoms with Crippen molar-refractivity contribution in [3.63, 3.8) is 0 Å². The molecule has 0 spiro atoms. The molecule has 0 amide bonds. The Kier molecular flexibility index (Phi) is 4.65. The van der Waals surface area contributed by atoms with Gasteiger partial charge in [-0.1, -0.05) is 11.6 Å². The van der Waals surface area contributed by atoms with Gasteiger partial charge in [-0.3, -0.25) is 10.1 Å². The second-order valence-electron chi connectivity index (χ2n) is 5.81. The van der Waals surface area contributed by atoms with E-state index in [0.717, 1.165) is 6.07 Å². The summed E-state index contributed by atoms with van der Waals surface area (Å²) in [4.78, 5) is 18.6. The highest BCUT2D eigenvalue weighted by Crippen LogP contribution is 2.33. The number of benzene rings is 1. The number of halogens is 2. The van der Waals surface area contributed by atoms with Crippen LogP contribution in [0.2, 0.25) is 5.02 Å². The molecule has 0 unspecified atom stereocenters. The molecule has 2 N–H and O–H groups in total. The van der Waals surface area contributed by atoms with Gasteiger partial charge in [0.1, 0.15) is 12.1 Å². The van der Waals surface area contributed by atoms with Crippen LogP contribution in [0, 0.1) is 15.9 Å². The zero-order valence-electron chi connectivity index (χ0n) is 12.7. The van der Waals surface area contributed by atoms with E-state index in [1.807, 2.05) is 20.8 Å². The maximum Gasteiger partial charge on any atom is 0.353 e. The first-order valence-electron chi connectivity index (χ1n) is 6.67. The lowest BCUT2D eigenvalue weighted by molar-refractivity contribution is -0.383. The molecule has 1 aromatic heterocycles. The van der Waals surface area contributed by atoms with Gasteiger partial charge in [-0.2, -0.15) is 0 Å². The van der Waals surface area contributed by atoms with Gasteiger partial charge in [0.25, 0.3) is 0 Å². The van der Waals surface area contributed by atoms with Crippen LogP contribution in [0.1, 0.15) is 20.8 Å². The second-order valence-corrected chi connectivity index (χ2v) is 6.21. The Morgan fingerprint density at radius 1 is 1.26 bits per heavy atom. The summed E-state index contributed by atoms with van der Waals surface area (Å²) >= 11 is 5.71. The van der Waals surface area contributed by atoms with E-state index >= 15 is 0 Å². The zero-order chi connectivity index (χ0) is 17.2. The first-order chi connectivity index (χ1) is 10.7. The Hall–Kier alpha value is -2.48. The lowest BCUT2D eigenvalue weighted by Crippen LogP contribution is -2.27. The highest BCUT2D eigenvalue weighted by Gasteiger charge is 2.26. The molecule has 7 nitrogen and oxygen atoms in total. The topological polar surface area (TPSA) is 93.0 Å². The fourth-order valence-corrected chi connectivity index (χ4v) is 1.98. The molecule has 0 aliphatic rings. The molecule has 9 heteroatoms. The van der Waals surface area contributed by atoms with Crippen LogP contribution in [0.15, 0.2) is 24.5 Å². The molecule has 0 bridgehead atoms. The van der Waals surface area contributed by atoms with Gasteiger partial charge in [0, 0.05) is 11.2 Å². The number of hydrogen-bond donors (Lipinski definition) is 2. The fraction of sp³-hybridized carbons (Fsp3) is 0.286. The standard InChI is InChI=1S/C14H15ClFN5O2/c1-14(2,3)20-13-11(21(22)23)12(17-7-18-13)19-8-4-5-10(16)9(15)6-8/h4-7H,1-3H3,(H2,17,18,19,20). The van der Waals surface area contributed by atoms with E-state index < -0.39 is 16.3 Å². The third kappa shape index (κ3) is 4.26. The number of rotatable bonds is 4. The van der Waals surface area contributed by atoms with Crippen molar-refractivity contribution in [1.82, 2.24) is 9.97 Å². The lowest BCUT2D eigenvalue weighted by atomic mass is 10.1. The van der Waals surface area contributed by atoms with Crippen molar-refractivity contribution in [1.29, 1.82) is 0 Å². The molecule has 23 heavy (non-hydrogen) atoms. The minimum Gasteiger partial charge on any atom is -0.360 e. The van der Waals surface area contributed by atoms with Crippen LogP contribution in [0.4, 0.5) is 27.4 Å². The van der Waals surface area contributed by atoms with E-state index in [4.69, 9.17) is 11.6 Å². The third-order valence-electron chi connectivity index (χ3n) is 2.68. The first-order valence-corrected chi connectivity index (χ1v) is 7.05. The predicted molar refractivity (Wildman–Crippen MR) is 86.8 cm³/mol. The number of nitro groups is 1. The molecule has 0 saturated carbocycles. The van der Waals surface area contributed by atoms with E-state index in [2.05, 4.69) is 20.6 Å². The van der Waals surface area contributed by atoms with E-state index in [0.29, 0.717) is 5.69 Å². The van der Waals surface area contributed by atoms with E-state index in [1.165, 1.54) is 18.5 Å². The molecule has 0 radical (unpaired) electrons. The van der Waals surface area contributed by atoms with Gasteiger partial charge in [-0.15, -0.1) is 0 Å². The van der Waals surface area contributed by atoms with Crippen molar-refractivity contribution in [3.05, 3.63) is 45.5 Å². The number of aromatic nitrogens is 2. The molecule has 0 saturated heterocycles. The van der Waals surface area contributed by atoms with Crippen molar-refractivity contribution in [2.45, 2.75) is 26.3 Å². The number of nitrogens with one attached hydrogen (secondary N) is 2. The Morgan fingerprint density at radius 2 is 1.91 bits per heavy atom. The van der Waals surface area contributed by atoms with Crippen molar-refractivity contribution in [3.8, 4) is 0 Å². The molecular formula is C14H15ClFN5O2. The number of anilines is 3. The minimum absolute atomic E-state index is 0.0144. The molecule has 0 atom stereocenters. The lowest BCUT2D eigenvalue weighted by Gasteiger charge is -2.21. The van der Waals surface area contributed by atoms with Gasteiger partial charge in [0.05, 0.1) is 9.95 Å². The van der Waals surface area contributed by atoms with Crippen LogP contribution < -0.4 is 10.6 Å². The van der Waals surface area contributed by atoms with Crippen molar-refractivity contribution in [2.24, 2.45) is 0 Å². The molecule has 0 aliphatic heterocycles. The quantitative estimate of drug-likeness (QED) is 0.642. The highest BCUT2D eigenvalue weighted by atomic mass is 35.5. The maximum absolute atomic E-state index is 13.2. The number of hydrogen-bond acceptors (Lipinski definition) is 6. The molecule has 2 rings (SSSR count). The zero-order valence-corrected chi connectivity index (χ0v) is 13.5. The third-order valence-corrected chi connectivity index (χ3v) is 2.97. The normalized spacial score (nSPS) is 11.2. The van der Waals surface area contributed by atoms with E-state index in [-0.39, 0.29) is 22.3 Å². The summed E-state index contributed by atoms with van der Waals surface area (Å²) < 4.78 is 13.2. The Balaban J connectivity index is 2.43. The molecule has 1 aromatic carbocycles. The van der Waals surface area contributed by atoms with Crippen molar-refractivity contribution >= 4 is 34.6 Å². The smallest absolute Gasteiger partial charge is 0.353 e. The van der Waals surface area contributed by atoms with E-state index in [1.54, 1.807) is 0 Å². The van der Waals surface area contributed by atoms with Crippen molar-refractivity contribution in [2.75, 3.05) is 10.6 Å². The summed E-state index contributed by atoms with van der Waals surface area (Å²) in [5, 5.41) is 17.0. The first kappa shape index (κ1) is 16.9. The molecule has 1 heterocycles. The van der Waals surface area contributed by atoms with E-state index in [9.17, 15) is 14.5 Å². The molecule has 122 valence electrons. The monoisotopic (exact) mass is 339 g/mol. The summed E-state index contributed by atoms with van der Waals surface area (Å²) in [5.74, 6) is -0.503. The van der Waals surface area contributed by atoms with Gasteiger partial charge in [-0.05, 0) is 39.0 Å². The average molecular weight is 340 g/mol. The molecule has 0 aliphatic carbocycles. The van der Waals surface area contributed by atoms with Gasteiger partial charge in [-0.25, -0.2) is 14.4 Å². The number of nitrogens with zero attached hydrogens (tertiary/aromatic N) is 3. The SMILES string of the molecule is CC(C)(C)Nc1ncnc(Nc2ccc(F)c(Cl)c2)c1[N+](=O)[O-]. The highest BCUT2D eigenvalue weighted by molar-refractivity contribution is 6.31. The predicted octanol–water partition coefficient (Wildman–Crippen LogP) is 4.13. The Morgan fingerprint density at radius 3 is 2.48 bits per heavy atom. The largest absolute Gasteiger partial charge is 0.360 e. The molecular weight excluding hydrogens is 325 g/mol. The van der Waals surface area contributed by atoms with Gasteiger partial charge >= 0.3 is 5.69 Å². The minimum atomic E-state index is -0.582. The van der Waals surface area contributed by atoms with Gasteiger partial charge in [0.15, 0.2) is 0 Å². The summed E-state index contributed by atoms with van der Waals surface area (Å²) in [7, 11) is 0. The molecule has 0 fully saturated rings. The second kappa shape index (κ2) is 6.33. The van der Waals surface area contributed by atoms with Gasteiger partial charge in [0.2, 0.25) is 11.6 Å². The van der Waals surface area contributed by atoms with Crippen LogP contribution in [0.25, 0.3) is 0 Å². The fourth-order valence-electron chi connectivity index (χ4n) is 1.80. The van der Waals surface area contributed by atoms with Crippen LogP contribution in [0.5, 0.6) is 0 Å². The summed E-state index contributed by atoms with van der Waals surface area (Å²) in [5.41, 5.74) is -0.349. The summed E-state index contributed by atoms with van der Waals surface area (Å²) in [6.45, 7) is 5.56. The Bertz CT molecular complexity index is 748. The van der Waals surface area contributed by atoms with Crippen molar-refractivity contribution < 1.29 is 9.31 Å². The summed E-state index contributed by atoms with van der Waals surface area (Å²) in [6.07, 6.45) is 1.20. The Labute approximate surface area is 137 Å². The maximum atomic E-state index is 13.2. The van der Waals surface area contributed by atoms with Gasteiger partial charge < -0.3 is 10.6 Å². The van der Waals surface area contributed by atoms with Crippen LogP contribution in [0.3, 0.4) is 0 Å².